The number of aromatic nitrogens is 4. The van der Waals surface area contributed by atoms with Crippen LogP contribution in [0.4, 0.5) is 0 Å². The molecule has 0 aliphatic heterocycles. The summed E-state index contributed by atoms with van der Waals surface area (Å²) in [5.41, 5.74) is 1.13. The van der Waals surface area contributed by atoms with Crippen LogP contribution in [0.1, 0.15) is 17.5 Å². The molecule has 1 unspecified atom stereocenters. The van der Waals surface area contributed by atoms with E-state index in [9.17, 15) is 5.11 Å². The summed E-state index contributed by atoms with van der Waals surface area (Å²) in [6.45, 7) is 0. The van der Waals surface area contributed by atoms with E-state index < -0.39 is 6.10 Å². The highest BCUT2D eigenvalue weighted by Gasteiger charge is 2.20. The van der Waals surface area contributed by atoms with E-state index in [1.165, 1.54) is 4.68 Å². The molecule has 5 nitrogen and oxygen atoms in total. The van der Waals surface area contributed by atoms with Crippen LogP contribution in [0.3, 0.4) is 0 Å². The maximum absolute atomic E-state index is 10.1. The number of pyridine rings is 1. The van der Waals surface area contributed by atoms with Gasteiger partial charge in [0.2, 0.25) is 0 Å². The molecule has 1 N–H and O–H groups in total. The average molecular weight is 348 g/mol. The molecule has 0 aliphatic carbocycles. The van der Waals surface area contributed by atoms with Gasteiger partial charge in [-0.2, -0.15) is 0 Å². The molecule has 2 aromatic heterocycles. The van der Waals surface area contributed by atoms with Crippen molar-refractivity contribution in [2.75, 3.05) is 0 Å². The Morgan fingerprint density at radius 3 is 2.62 bits per heavy atom. The molecule has 0 aromatic carbocycles. The highest BCUT2D eigenvalue weighted by Crippen LogP contribution is 2.25. The van der Waals surface area contributed by atoms with Crippen LogP contribution in [0.25, 0.3) is 0 Å². The predicted molar refractivity (Wildman–Crippen MR) is 64.7 cm³/mol. The van der Waals surface area contributed by atoms with Crippen LogP contribution in [0.15, 0.2) is 27.4 Å². The van der Waals surface area contributed by atoms with Gasteiger partial charge >= 0.3 is 0 Å². The second kappa shape index (κ2) is 4.60. The molecular weight excluding hydrogens is 340 g/mol. The lowest BCUT2D eigenvalue weighted by atomic mass is 10.2. The SMILES string of the molecule is Cn1nnc(Br)c1C(O)c1ccc(Br)cn1. The Labute approximate surface area is 109 Å². The summed E-state index contributed by atoms with van der Waals surface area (Å²) in [6, 6.07) is 3.57. The van der Waals surface area contributed by atoms with Gasteiger partial charge in [-0.3, -0.25) is 4.98 Å². The van der Waals surface area contributed by atoms with E-state index in [-0.39, 0.29) is 0 Å². The number of aliphatic hydroxyl groups excluding tert-OH is 1. The van der Waals surface area contributed by atoms with Crippen molar-refractivity contribution >= 4 is 31.9 Å². The number of aliphatic hydroxyl groups is 1. The van der Waals surface area contributed by atoms with Gasteiger partial charge in [0, 0.05) is 17.7 Å². The van der Waals surface area contributed by atoms with E-state index in [1.807, 2.05) is 6.07 Å². The maximum Gasteiger partial charge on any atom is 0.154 e. The molecule has 0 fully saturated rings. The fourth-order valence-electron chi connectivity index (χ4n) is 1.32. The van der Waals surface area contributed by atoms with Crippen LogP contribution < -0.4 is 0 Å². The number of aryl methyl sites for hydroxylation is 1. The molecule has 0 saturated heterocycles. The first kappa shape index (κ1) is 11.7. The molecule has 84 valence electrons. The fraction of sp³-hybridized carbons (Fsp3) is 0.222. The molecule has 0 saturated carbocycles. The van der Waals surface area contributed by atoms with Gasteiger partial charge in [-0.05, 0) is 44.0 Å². The first-order chi connectivity index (χ1) is 7.59. The van der Waals surface area contributed by atoms with Crippen molar-refractivity contribution in [1.29, 1.82) is 0 Å². The Bertz CT molecular complexity index is 477. The van der Waals surface area contributed by atoms with E-state index in [0.29, 0.717) is 16.0 Å². The van der Waals surface area contributed by atoms with Gasteiger partial charge in [-0.25, -0.2) is 4.68 Å². The summed E-state index contributed by atoms with van der Waals surface area (Å²) in [6.07, 6.45) is 0.790. The Balaban J connectivity index is 2.39. The Morgan fingerprint density at radius 1 is 1.38 bits per heavy atom. The van der Waals surface area contributed by atoms with Gasteiger partial charge < -0.3 is 5.11 Å². The normalized spacial score (nSPS) is 12.8. The van der Waals surface area contributed by atoms with Crippen molar-refractivity contribution in [2.24, 2.45) is 7.05 Å². The van der Waals surface area contributed by atoms with Crippen LogP contribution in [0.5, 0.6) is 0 Å². The zero-order chi connectivity index (χ0) is 11.7. The first-order valence-electron chi connectivity index (χ1n) is 4.44. The highest BCUT2D eigenvalue weighted by molar-refractivity contribution is 9.10. The molecule has 0 amide bonds. The van der Waals surface area contributed by atoms with Crippen molar-refractivity contribution in [3.8, 4) is 0 Å². The Morgan fingerprint density at radius 2 is 2.12 bits per heavy atom. The number of hydrogen-bond donors (Lipinski definition) is 1. The second-order valence-electron chi connectivity index (χ2n) is 3.19. The zero-order valence-corrected chi connectivity index (χ0v) is 11.5. The number of nitrogens with zero attached hydrogens (tertiary/aromatic N) is 4. The smallest absolute Gasteiger partial charge is 0.154 e. The minimum absolute atomic E-state index is 0.521. The van der Waals surface area contributed by atoms with Crippen molar-refractivity contribution in [3.63, 3.8) is 0 Å². The van der Waals surface area contributed by atoms with Gasteiger partial charge in [-0.1, -0.05) is 5.21 Å². The number of hydrogen-bond acceptors (Lipinski definition) is 4. The summed E-state index contributed by atoms with van der Waals surface area (Å²) >= 11 is 6.53. The van der Waals surface area contributed by atoms with Gasteiger partial charge in [0.1, 0.15) is 11.8 Å². The van der Waals surface area contributed by atoms with Crippen LogP contribution >= 0.6 is 31.9 Å². The van der Waals surface area contributed by atoms with Crippen LogP contribution in [0.2, 0.25) is 0 Å². The minimum Gasteiger partial charge on any atom is -0.380 e. The summed E-state index contributed by atoms with van der Waals surface area (Å²) in [7, 11) is 1.72. The molecule has 2 rings (SSSR count). The van der Waals surface area contributed by atoms with E-state index in [1.54, 1.807) is 19.3 Å². The fourth-order valence-corrected chi connectivity index (χ4v) is 2.10. The third kappa shape index (κ3) is 2.16. The Kier molecular flexibility index (Phi) is 3.36. The zero-order valence-electron chi connectivity index (χ0n) is 8.30. The van der Waals surface area contributed by atoms with Gasteiger partial charge in [0.05, 0.1) is 5.69 Å². The quantitative estimate of drug-likeness (QED) is 0.900. The highest BCUT2D eigenvalue weighted by atomic mass is 79.9. The second-order valence-corrected chi connectivity index (χ2v) is 4.86. The number of rotatable bonds is 2. The summed E-state index contributed by atoms with van der Waals surface area (Å²) in [5, 5.41) is 17.7. The van der Waals surface area contributed by atoms with Crippen molar-refractivity contribution < 1.29 is 5.11 Å². The van der Waals surface area contributed by atoms with Gasteiger partial charge in [0.15, 0.2) is 4.60 Å². The lowest BCUT2D eigenvalue weighted by Crippen LogP contribution is -2.08. The molecule has 1 atom stereocenters. The summed E-state index contributed by atoms with van der Waals surface area (Å²) < 4.78 is 2.90. The van der Waals surface area contributed by atoms with Crippen LogP contribution in [-0.2, 0) is 7.05 Å². The standard InChI is InChI=1S/C9H8Br2N4O/c1-15-7(9(11)13-14-15)8(16)6-3-2-5(10)4-12-6/h2-4,8,16H,1H3. The third-order valence-corrected chi connectivity index (χ3v) is 3.15. The van der Waals surface area contributed by atoms with Gasteiger partial charge in [0.25, 0.3) is 0 Å². The topological polar surface area (TPSA) is 63.8 Å². The lowest BCUT2D eigenvalue weighted by Gasteiger charge is -2.10. The molecule has 2 heterocycles. The molecule has 0 spiro atoms. The summed E-state index contributed by atoms with van der Waals surface area (Å²) in [4.78, 5) is 4.13. The Hall–Kier alpha value is -0.790. The lowest BCUT2D eigenvalue weighted by molar-refractivity contribution is 0.204. The largest absolute Gasteiger partial charge is 0.380 e. The molecule has 7 heteroatoms. The van der Waals surface area contributed by atoms with Crippen molar-refractivity contribution in [2.45, 2.75) is 6.10 Å². The molecule has 0 bridgehead atoms. The van der Waals surface area contributed by atoms with E-state index in [4.69, 9.17) is 0 Å². The predicted octanol–water partition coefficient (Wildman–Crippen LogP) is 1.82. The van der Waals surface area contributed by atoms with E-state index >= 15 is 0 Å². The van der Waals surface area contributed by atoms with Gasteiger partial charge in [-0.15, -0.1) is 5.10 Å². The molecular formula is C9H8Br2N4O. The van der Waals surface area contributed by atoms with Crippen molar-refractivity contribution in [3.05, 3.63) is 38.8 Å². The molecule has 16 heavy (non-hydrogen) atoms. The number of halogens is 2. The van der Waals surface area contributed by atoms with Crippen LogP contribution in [-0.4, -0.2) is 25.1 Å². The molecule has 0 aliphatic rings. The van der Waals surface area contributed by atoms with E-state index in [2.05, 4.69) is 47.2 Å². The third-order valence-electron chi connectivity index (χ3n) is 2.12. The minimum atomic E-state index is -0.845. The first-order valence-corrected chi connectivity index (χ1v) is 6.03. The molecule has 2 aromatic rings. The van der Waals surface area contributed by atoms with E-state index in [0.717, 1.165) is 4.47 Å². The average Bonchev–Trinajstić information content (AvgIpc) is 2.59. The monoisotopic (exact) mass is 346 g/mol. The maximum atomic E-state index is 10.1. The summed E-state index contributed by atoms with van der Waals surface area (Å²) in [5.74, 6) is 0. The van der Waals surface area contributed by atoms with Crippen molar-refractivity contribution in [1.82, 2.24) is 20.0 Å². The van der Waals surface area contributed by atoms with Crippen LogP contribution in [0, 0.1) is 0 Å². The molecule has 0 radical (unpaired) electrons.